The lowest BCUT2D eigenvalue weighted by atomic mass is 9.83. The molecular formula is C45H50ClN9O8. The number of amides is 5. The number of piperidine rings is 3. The van der Waals surface area contributed by atoms with Crippen molar-refractivity contribution in [2.75, 3.05) is 50.1 Å². The van der Waals surface area contributed by atoms with Crippen LogP contribution >= 0.6 is 11.6 Å². The van der Waals surface area contributed by atoms with Crippen LogP contribution in [0.4, 0.5) is 17.5 Å². The van der Waals surface area contributed by atoms with Gasteiger partial charge in [-0.1, -0.05) is 17.7 Å². The van der Waals surface area contributed by atoms with Gasteiger partial charge in [-0.05, 0) is 113 Å². The molecule has 6 heterocycles. The van der Waals surface area contributed by atoms with Crippen molar-refractivity contribution in [3.8, 4) is 5.75 Å². The number of hydrogen-bond acceptors (Lipinski definition) is 13. The molecule has 0 spiro atoms. The van der Waals surface area contributed by atoms with Crippen LogP contribution in [0.2, 0.25) is 5.02 Å². The Bertz CT molecular complexity index is 2550. The van der Waals surface area contributed by atoms with E-state index in [9.17, 15) is 28.8 Å². The highest BCUT2D eigenvalue weighted by atomic mass is 35.5. The van der Waals surface area contributed by atoms with Gasteiger partial charge in [-0.3, -0.25) is 39.0 Å². The molecule has 63 heavy (non-hydrogen) atoms. The molecule has 9 rings (SSSR count). The number of nitrogens with one attached hydrogen (secondary N) is 3. The maximum Gasteiger partial charge on any atom is 0.293 e. The van der Waals surface area contributed by atoms with Gasteiger partial charge in [-0.15, -0.1) is 0 Å². The zero-order valence-electron chi connectivity index (χ0n) is 35.2. The zero-order chi connectivity index (χ0) is 43.9. The average molecular weight is 880 g/mol. The summed E-state index contributed by atoms with van der Waals surface area (Å²) in [7, 11) is 1.51. The van der Waals surface area contributed by atoms with Gasteiger partial charge in [0.15, 0.2) is 18.2 Å². The fourth-order valence-electron chi connectivity index (χ4n) is 9.56. The van der Waals surface area contributed by atoms with Crippen LogP contribution in [0.25, 0.3) is 10.9 Å². The Morgan fingerprint density at radius 1 is 0.905 bits per heavy atom. The smallest absolute Gasteiger partial charge is 0.293 e. The zero-order valence-corrected chi connectivity index (χ0v) is 36.0. The number of aromatic nitrogens is 3. The standard InChI is InChI=1S/C45H50ClN9O8/c1-3-54-35-7-5-28(18-27(35)20-37(44(54)61)62-24-39(57)47-2)49-40-34(46)23-48-45(51-40)53-16-12-30(13-17-53)63-31-21-29(22-31)52-14-10-25(11-15-52)26-4-6-32-33(19-26)43(60)55(42(32)59)36-8-9-38(56)50-41(36)58/h4-7,18-20,23,25,29-31,36H,3,8-17,21-22,24H2,1-2H3,(H,47,57)(H,48,49,51)(H,50,56,58)/t29-,31-,36?. The van der Waals surface area contributed by atoms with Crippen LogP contribution in [-0.4, -0.2) is 118 Å². The van der Waals surface area contributed by atoms with Crippen molar-refractivity contribution in [2.24, 2.45) is 0 Å². The van der Waals surface area contributed by atoms with Gasteiger partial charge in [0.1, 0.15) is 11.1 Å². The van der Waals surface area contributed by atoms with E-state index < -0.39 is 29.7 Å². The monoisotopic (exact) mass is 879 g/mol. The minimum absolute atomic E-state index is 0.0902. The number of ether oxygens (including phenoxy) is 2. The lowest BCUT2D eigenvalue weighted by Crippen LogP contribution is -2.54. The van der Waals surface area contributed by atoms with Crippen LogP contribution in [-0.2, 0) is 25.7 Å². The van der Waals surface area contributed by atoms with Crippen molar-refractivity contribution in [2.45, 2.75) is 95.0 Å². The van der Waals surface area contributed by atoms with Gasteiger partial charge in [0.2, 0.25) is 17.8 Å². The van der Waals surface area contributed by atoms with Gasteiger partial charge in [-0.25, -0.2) is 4.98 Å². The van der Waals surface area contributed by atoms with E-state index in [0.29, 0.717) is 46.2 Å². The number of halogens is 1. The van der Waals surface area contributed by atoms with Crippen molar-refractivity contribution in [1.29, 1.82) is 0 Å². The first kappa shape index (κ1) is 42.4. The molecule has 17 nitrogen and oxygen atoms in total. The molecule has 4 aliphatic heterocycles. The van der Waals surface area contributed by atoms with Gasteiger partial charge in [0.25, 0.3) is 23.3 Å². The number of likely N-dealkylation sites (tertiary alicyclic amines) is 1. The molecule has 330 valence electrons. The Kier molecular flexibility index (Phi) is 11.9. The molecule has 18 heteroatoms. The Balaban J connectivity index is 0.740. The second-order valence-corrected chi connectivity index (χ2v) is 17.3. The van der Waals surface area contributed by atoms with Crippen LogP contribution in [0.1, 0.15) is 90.5 Å². The highest BCUT2D eigenvalue weighted by molar-refractivity contribution is 6.33. The molecule has 5 aliphatic rings. The number of carbonyl (C=O) groups is 5. The molecule has 3 N–H and O–H groups in total. The Labute approximate surface area is 368 Å². The maximum absolute atomic E-state index is 13.4. The summed E-state index contributed by atoms with van der Waals surface area (Å²) in [5.41, 5.74) is 2.82. The fraction of sp³-hybridized carbons (Fsp3) is 0.467. The number of likely N-dealkylation sites (N-methyl/N-ethyl adjacent to an activating group) is 1. The lowest BCUT2D eigenvalue weighted by molar-refractivity contribution is -0.136. The number of anilines is 3. The van der Waals surface area contributed by atoms with E-state index >= 15 is 0 Å². The van der Waals surface area contributed by atoms with Crippen molar-refractivity contribution in [1.82, 2.24) is 35.0 Å². The molecule has 4 fully saturated rings. The summed E-state index contributed by atoms with van der Waals surface area (Å²) >= 11 is 6.58. The summed E-state index contributed by atoms with van der Waals surface area (Å²) in [6.45, 7) is 5.43. The fourth-order valence-corrected chi connectivity index (χ4v) is 9.70. The largest absolute Gasteiger partial charge is 0.478 e. The third-order valence-electron chi connectivity index (χ3n) is 13.2. The molecule has 2 aromatic carbocycles. The van der Waals surface area contributed by atoms with E-state index in [1.54, 1.807) is 22.9 Å². The SMILES string of the molecule is CCn1c(=O)c(OCC(=O)NC)cc2cc(Nc3nc(N4CCC(O[C@H]5C[C@H](N6CCC(c7ccc8c(c7)C(=O)N(C7CCC(=O)NC7=O)C8=O)CC6)C5)CC4)ncc3Cl)ccc21. The van der Waals surface area contributed by atoms with E-state index in [-0.39, 0.29) is 54.8 Å². The number of hydrogen-bond donors (Lipinski definition) is 3. The summed E-state index contributed by atoms with van der Waals surface area (Å²) in [5.74, 6) is -0.884. The molecule has 0 bridgehead atoms. The highest BCUT2D eigenvalue weighted by Crippen LogP contribution is 2.38. The number of nitrogens with zero attached hydrogens (tertiary/aromatic N) is 6. The van der Waals surface area contributed by atoms with Crippen LogP contribution < -0.4 is 31.1 Å². The predicted molar refractivity (Wildman–Crippen MR) is 234 cm³/mol. The number of aryl methyl sites for hydroxylation is 1. The summed E-state index contributed by atoms with van der Waals surface area (Å²) in [5, 5.41) is 9.18. The minimum Gasteiger partial charge on any atom is -0.478 e. The maximum atomic E-state index is 13.4. The first-order valence-corrected chi connectivity index (χ1v) is 22.2. The van der Waals surface area contributed by atoms with E-state index in [0.717, 1.165) is 86.1 Å². The molecule has 1 saturated carbocycles. The summed E-state index contributed by atoms with van der Waals surface area (Å²) in [6.07, 6.45) is 7.83. The number of pyridine rings is 1. The van der Waals surface area contributed by atoms with Crippen molar-refractivity contribution >= 4 is 69.5 Å². The first-order valence-electron chi connectivity index (χ1n) is 21.8. The van der Waals surface area contributed by atoms with E-state index in [2.05, 4.69) is 30.7 Å². The normalized spacial score (nSPS) is 22.2. The molecule has 1 aliphatic carbocycles. The number of fused-ring (bicyclic) bond motifs is 2. The molecule has 1 atom stereocenters. The predicted octanol–water partition coefficient (Wildman–Crippen LogP) is 4.13. The number of rotatable bonds is 12. The van der Waals surface area contributed by atoms with Gasteiger partial charge >= 0.3 is 0 Å². The van der Waals surface area contributed by atoms with E-state index in [4.69, 9.17) is 26.1 Å². The number of benzene rings is 2. The van der Waals surface area contributed by atoms with Crippen molar-refractivity contribution in [3.63, 3.8) is 0 Å². The van der Waals surface area contributed by atoms with Crippen LogP contribution in [0.3, 0.4) is 0 Å². The number of imide groups is 2. The molecule has 1 unspecified atom stereocenters. The molecule has 5 amide bonds. The van der Waals surface area contributed by atoms with Gasteiger partial charge in [0.05, 0.1) is 35.0 Å². The van der Waals surface area contributed by atoms with E-state index in [1.165, 1.54) is 7.05 Å². The molecule has 4 aromatic rings. The molecular weight excluding hydrogens is 830 g/mol. The summed E-state index contributed by atoms with van der Waals surface area (Å²) in [4.78, 5) is 90.5. The van der Waals surface area contributed by atoms with Crippen molar-refractivity contribution < 1.29 is 33.4 Å². The first-order chi connectivity index (χ1) is 30.5. The average Bonchev–Trinajstić information content (AvgIpc) is 3.52. The second-order valence-electron chi connectivity index (χ2n) is 16.9. The van der Waals surface area contributed by atoms with Gasteiger partial charge in [0, 0.05) is 50.2 Å². The summed E-state index contributed by atoms with van der Waals surface area (Å²) in [6, 6.07) is 12.2. The van der Waals surface area contributed by atoms with E-state index in [1.807, 2.05) is 37.3 Å². The van der Waals surface area contributed by atoms with Gasteiger partial charge in [-0.2, -0.15) is 4.98 Å². The Morgan fingerprint density at radius 3 is 2.40 bits per heavy atom. The lowest BCUT2D eigenvalue weighted by Gasteiger charge is -2.47. The highest BCUT2D eigenvalue weighted by Gasteiger charge is 2.45. The third-order valence-corrected chi connectivity index (χ3v) is 13.4. The topological polar surface area (TPSA) is 197 Å². The third kappa shape index (κ3) is 8.48. The minimum atomic E-state index is -0.969. The molecule has 2 aromatic heterocycles. The number of carbonyl (C=O) groups excluding carboxylic acids is 5. The van der Waals surface area contributed by atoms with Crippen LogP contribution in [0, 0.1) is 0 Å². The van der Waals surface area contributed by atoms with Crippen LogP contribution in [0.15, 0.2) is 53.5 Å². The quantitative estimate of drug-likeness (QED) is 0.172. The summed E-state index contributed by atoms with van der Waals surface area (Å²) < 4.78 is 13.8. The van der Waals surface area contributed by atoms with Crippen molar-refractivity contribution in [3.05, 3.63) is 80.7 Å². The van der Waals surface area contributed by atoms with Gasteiger partial charge < -0.3 is 34.5 Å². The molecule has 3 saturated heterocycles. The van der Waals surface area contributed by atoms with Crippen LogP contribution in [0.5, 0.6) is 5.75 Å². The molecule has 0 radical (unpaired) electrons. The second kappa shape index (κ2) is 17.7. The Hall–Kier alpha value is -5.91. The Morgan fingerprint density at radius 2 is 1.67 bits per heavy atom.